The predicted octanol–water partition coefficient (Wildman–Crippen LogP) is 1.55. The van der Waals surface area contributed by atoms with E-state index in [4.69, 9.17) is 12.2 Å². The Bertz CT molecular complexity index is 493. The molecule has 0 aromatic heterocycles. The van der Waals surface area contributed by atoms with E-state index in [9.17, 15) is 9.59 Å². The first-order chi connectivity index (χ1) is 9.08. The zero-order chi connectivity index (χ0) is 13.9. The minimum atomic E-state index is -1.02. The number of carbonyl (C=O) groups is 2. The van der Waals surface area contributed by atoms with E-state index in [1.807, 2.05) is 37.3 Å². The molecule has 0 atom stereocenters. The van der Waals surface area contributed by atoms with Crippen LogP contribution in [0.5, 0.6) is 0 Å². The second-order valence-electron chi connectivity index (χ2n) is 4.66. The highest BCUT2D eigenvalue weighted by molar-refractivity contribution is 7.80. The SMILES string of the molecule is CCC1(CCc2ccccc2)C(=O)NC(=S)NC1=O. The van der Waals surface area contributed by atoms with Crippen LogP contribution in [0.2, 0.25) is 0 Å². The summed E-state index contributed by atoms with van der Waals surface area (Å²) in [5.74, 6) is -0.584. The van der Waals surface area contributed by atoms with Crippen molar-refractivity contribution < 1.29 is 9.59 Å². The monoisotopic (exact) mass is 276 g/mol. The normalized spacial score (nSPS) is 17.8. The molecule has 0 radical (unpaired) electrons. The molecule has 1 aliphatic heterocycles. The Morgan fingerprint density at radius 3 is 2.21 bits per heavy atom. The minimum absolute atomic E-state index is 0.0961. The summed E-state index contributed by atoms with van der Waals surface area (Å²) in [6, 6.07) is 9.82. The van der Waals surface area contributed by atoms with Gasteiger partial charge in [0.15, 0.2) is 5.11 Å². The van der Waals surface area contributed by atoms with Gasteiger partial charge in [0.05, 0.1) is 0 Å². The predicted molar refractivity (Wildman–Crippen MR) is 76.4 cm³/mol. The fraction of sp³-hybridized carbons (Fsp3) is 0.357. The van der Waals surface area contributed by atoms with Gasteiger partial charge in [-0.05, 0) is 37.0 Å². The third-order valence-electron chi connectivity index (χ3n) is 3.61. The Morgan fingerprint density at radius 1 is 1.11 bits per heavy atom. The van der Waals surface area contributed by atoms with E-state index in [0.29, 0.717) is 19.3 Å². The number of hydrogen-bond acceptors (Lipinski definition) is 3. The van der Waals surface area contributed by atoms with Gasteiger partial charge in [-0.15, -0.1) is 0 Å². The maximum Gasteiger partial charge on any atom is 0.241 e. The van der Waals surface area contributed by atoms with Crippen molar-refractivity contribution in [2.75, 3.05) is 0 Å². The molecule has 1 heterocycles. The van der Waals surface area contributed by atoms with Crippen molar-refractivity contribution in [2.45, 2.75) is 26.2 Å². The Kier molecular flexibility index (Phi) is 3.95. The van der Waals surface area contributed by atoms with Gasteiger partial charge in [0.1, 0.15) is 5.41 Å². The number of nitrogens with one attached hydrogen (secondary N) is 2. The second-order valence-corrected chi connectivity index (χ2v) is 5.07. The molecule has 2 rings (SSSR count). The zero-order valence-corrected chi connectivity index (χ0v) is 11.5. The largest absolute Gasteiger partial charge is 0.302 e. The molecule has 0 bridgehead atoms. The number of rotatable bonds is 4. The summed E-state index contributed by atoms with van der Waals surface area (Å²) in [7, 11) is 0. The van der Waals surface area contributed by atoms with Gasteiger partial charge in [0.2, 0.25) is 11.8 Å². The Morgan fingerprint density at radius 2 is 1.68 bits per heavy atom. The van der Waals surface area contributed by atoms with Crippen molar-refractivity contribution in [1.29, 1.82) is 0 Å². The van der Waals surface area contributed by atoms with Crippen LogP contribution in [0.15, 0.2) is 30.3 Å². The van der Waals surface area contributed by atoms with Gasteiger partial charge in [-0.3, -0.25) is 9.59 Å². The molecule has 100 valence electrons. The summed E-state index contributed by atoms with van der Waals surface area (Å²) in [4.78, 5) is 24.3. The van der Waals surface area contributed by atoms with Crippen molar-refractivity contribution in [3.8, 4) is 0 Å². The van der Waals surface area contributed by atoms with Crippen LogP contribution in [-0.2, 0) is 16.0 Å². The lowest BCUT2D eigenvalue weighted by molar-refractivity contribution is -0.144. The molecule has 2 amide bonds. The fourth-order valence-electron chi connectivity index (χ4n) is 2.31. The van der Waals surface area contributed by atoms with Crippen LogP contribution in [0.4, 0.5) is 0 Å². The van der Waals surface area contributed by atoms with Gasteiger partial charge in [-0.1, -0.05) is 37.3 Å². The number of amides is 2. The molecule has 19 heavy (non-hydrogen) atoms. The van der Waals surface area contributed by atoms with E-state index >= 15 is 0 Å². The zero-order valence-electron chi connectivity index (χ0n) is 10.7. The summed E-state index contributed by atoms with van der Waals surface area (Å²) in [6.45, 7) is 1.85. The summed E-state index contributed by atoms with van der Waals surface area (Å²) in [6.07, 6.45) is 1.62. The van der Waals surface area contributed by atoms with Gasteiger partial charge in [0, 0.05) is 0 Å². The molecule has 1 fully saturated rings. The average Bonchev–Trinajstić information content (AvgIpc) is 2.39. The summed E-state index contributed by atoms with van der Waals surface area (Å²) >= 11 is 4.82. The number of aryl methyl sites for hydroxylation is 1. The van der Waals surface area contributed by atoms with Crippen LogP contribution in [0, 0.1) is 5.41 Å². The van der Waals surface area contributed by atoms with Crippen LogP contribution in [0.25, 0.3) is 0 Å². The van der Waals surface area contributed by atoms with Gasteiger partial charge < -0.3 is 10.6 Å². The highest BCUT2D eigenvalue weighted by atomic mass is 32.1. The van der Waals surface area contributed by atoms with Gasteiger partial charge in [0.25, 0.3) is 0 Å². The average molecular weight is 276 g/mol. The first-order valence-electron chi connectivity index (χ1n) is 6.29. The summed E-state index contributed by atoms with van der Waals surface area (Å²) in [5.41, 5.74) is 0.0992. The minimum Gasteiger partial charge on any atom is -0.302 e. The molecular formula is C14H16N2O2S. The van der Waals surface area contributed by atoms with E-state index in [-0.39, 0.29) is 16.9 Å². The standard InChI is InChI=1S/C14H16N2O2S/c1-2-14(9-8-10-6-4-3-5-7-10)11(17)15-13(19)16-12(14)18/h3-7H,2,8-9H2,1H3,(H2,15,16,17,18,19). The van der Waals surface area contributed by atoms with Crippen LogP contribution in [0.1, 0.15) is 25.3 Å². The van der Waals surface area contributed by atoms with E-state index in [1.165, 1.54) is 0 Å². The second kappa shape index (κ2) is 5.48. The van der Waals surface area contributed by atoms with E-state index in [0.717, 1.165) is 5.56 Å². The van der Waals surface area contributed by atoms with Crippen molar-refractivity contribution in [3.05, 3.63) is 35.9 Å². The number of thiocarbonyl (C=S) groups is 1. The Balaban J connectivity index is 2.16. The fourth-order valence-corrected chi connectivity index (χ4v) is 2.49. The van der Waals surface area contributed by atoms with Gasteiger partial charge in [-0.2, -0.15) is 0 Å². The Hall–Kier alpha value is -1.75. The van der Waals surface area contributed by atoms with Crippen molar-refractivity contribution in [2.24, 2.45) is 5.41 Å². The maximum absolute atomic E-state index is 12.1. The highest BCUT2D eigenvalue weighted by Crippen LogP contribution is 2.30. The quantitative estimate of drug-likeness (QED) is 0.648. The molecule has 5 heteroatoms. The van der Waals surface area contributed by atoms with Crippen LogP contribution < -0.4 is 10.6 Å². The number of carbonyl (C=O) groups excluding carboxylic acids is 2. The topological polar surface area (TPSA) is 58.2 Å². The van der Waals surface area contributed by atoms with Crippen LogP contribution in [-0.4, -0.2) is 16.9 Å². The maximum atomic E-state index is 12.1. The third-order valence-corrected chi connectivity index (χ3v) is 3.81. The van der Waals surface area contributed by atoms with Gasteiger partial charge >= 0.3 is 0 Å². The molecule has 0 spiro atoms. The van der Waals surface area contributed by atoms with Crippen LogP contribution in [0.3, 0.4) is 0 Å². The molecule has 0 saturated carbocycles. The molecule has 0 aliphatic carbocycles. The summed E-state index contributed by atoms with van der Waals surface area (Å²) in [5, 5.41) is 5.19. The van der Waals surface area contributed by atoms with Crippen LogP contribution >= 0.6 is 12.2 Å². The number of benzene rings is 1. The van der Waals surface area contributed by atoms with Gasteiger partial charge in [-0.25, -0.2) is 0 Å². The molecule has 0 unspecified atom stereocenters. The molecule has 2 N–H and O–H groups in total. The first kappa shape index (κ1) is 13.7. The molecule has 1 saturated heterocycles. The molecule has 1 aromatic carbocycles. The van der Waals surface area contributed by atoms with Crippen molar-refractivity contribution in [1.82, 2.24) is 10.6 Å². The smallest absolute Gasteiger partial charge is 0.241 e. The van der Waals surface area contributed by atoms with E-state index in [1.54, 1.807) is 0 Å². The van der Waals surface area contributed by atoms with E-state index < -0.39 is 5.41 Å². The highest BCUT2D eigenvalue weighted by Gasteiger charge is 2.47. The first-order valence-corrected chi connectivity index (χ1v) is 6.70. The lowest BCUT2D eigenvalue weighted by Gasteiger charge is -2.34. The summed E-state index contributed by atoms with van der Waals surface area (Å²) < 4.78 is 0. The third kappa shape index (κ3) is 2.66. The molecule has 1 aromatic rings. The van der Waals surface area contributed by atoms with Crippen molar-refractivity contribution >= 4 is 29.1 Å². The van der Waals surface area contributed by atoms with E-state index in [2.05, 4.69) is 10.6 Å². The lowest BCUT2D eigenvalue weighted by atomic mass is 9.77. The molecule has 4 nitrogen and oxygen atoms in total. The Labute approximate surface area is 117 Å². The molecule has 1 aliphatic rings. The van der Waals surface area contributed by atoms with Crippen molar-refractivity contribution in [3.63, 3.8) is 0 Å². The molecular weight excluding hydrogens is 260 g/mol. The number of hydrogen-bond donors (Lipinski definition) is 2. The lowest BCUT2D eigenvalue weighted by Crippen LogP contribution is -2.62.